The van der Waals surface area contributed by atoms with Crippen molar-refractivity contribution in [2.45, 2.75) is 32.9 Å². The topological polar surface area (TPSA) is 83.7 Å². The fraction of sp³-hybridized carbons (Fsp3) is 0.316. The summed E-state index contributed by atoms with van der Waals surface area (Å²) in [6.45, 7) is 4.08. The van der Waals surface area contributed by atoms with E-state index in [2.05, 4.69) is 10.3 Å². The standard InChI is InChI=1S/C19H23N3O3/c1-4-17(19(24)25)21-10-14-6-5-7-16(9-14)20-11-15-8-13(2)18(23)22(3)12-15/h5-9,11-12,17,21H,4,10H2,1-3H3,(H,24,25)/b20-11+/t17-/m0/s1. The summed E-state index contributed by atoms with van der Waals surface area (Å²) in [4.78, 5) is 27.2. The molecule has 0 saturated heterocycles. The molecule has 0 saturated carbocycles. The summed E-state index contributed by atoms with van der Waals surface area (Å²) in [7, 11) is 1.71. The van der Waals surface area contributed by atoms with E-state index in [0.29, 0.717) is 18.5 Å². The number of rotatable bonds is 7. The van der Waals surface area contributed by atoms with Crippen molar-refractivity contribution in [2.75, 3.05) is 0 Å². The molecule has 2 N–H and O–H groups in total. The maximum atomic E-state index is 11.7. The molecule has 6 heteroatoms. The van der Waals surface area contributed by atoms with Gasteiger partial charge >= 0.3 is 5.97 Å². The molecule has 0 radical (unpaired) electrons. The van der Waals surface area contributed by atoms with Gasteiger partial charge in [0.25, 0.3) is 5.56 Å². The van der Waals surface area contributed by atoms with Crippen LogP contribution >= 0.6 is 0 Å². The molecule has 0 amide bonds. The molecule has 1 aromatic carbocycles. The maximum Gasteiger partial charge on any atom is 0.320 e. The van der Waals surface area contributed by atoms with Crippen molar-refractivity contribution in [1.29, 1.82) is 0 Å². The fourth-order valence-corrected chi connectivity index (χ4v) is 2.52. The van der Waals surface area contributed by atoms with Gasteiger partial charge in [-0.25, -0.2) is 0 Å². The summed E-state index contributed by atoms with van der Waals surface area (Å²) in [5.41, 5.74) is 3.23. The molecule has 0 aliphatic carbocycles. The van der Waals surface area contributed by atoms with E-state index >= 15 is 0 Å². The highest BCUT2D eigenvalue weighted by Gasteiger charge is 2.13. The third-order valence-electron chi connectivity index (χ3n) is 3.92. The van der Waals surface area contributed by atoms with E-state index in [-0.39, 0.29) is 5.56 Å². The summed E-state index contributed by atoms with van der Waals surface area (Å²) in [6, 6.07) is 8.85. The maximum absolute atomic E-state index is 11.7. The van der Waals surface area contributed by atoms with Crippen molar-refractivity contribution in [3.63, 3.8) is 0 Å². The van der Waals surface area contributed by atoms with Crippen molar-refractivity contribution in [2.24, 2.45) is 12.0 Å². The molecule has 6 nitrogen and oxygen atoms in total. The van der Waals surface area contributed by atoms with Crippen LogP contribution in [0.5, 0.6) is 0 Å². The molecule has 0 bridgehead atoms. The molecule has 0 fully saturated rings. The van der Waals surface area contributed by atoms with Gasteiger partial charge in [-0.1, -0.05) is 19.1 Å². The minimum atomic E-state index is -0.846. The fourth-order valence-electron chi connectivity index (χ4n) is 2.52. The van der Waals surface area contributed by atoms with E-state index in [0.717, 1.165) is 16.8 Å². The van der Waals surface area contributed by atoms with Gasteiger partial charge in [0.05, 0.1) is 5.69 Å². The summed E-state index contributed by atoms with van der Waals surface area (Å²) >= 11 is 0. The summed E-state index contributed by atoms with van der Waals surface area (Å²) in [5, 5.41) is 12.1. The van der Waals surface area contributed by atoms with Gasteiger partial charge in [-0.2, -0.15) is 0 Å². The highest BCUT2D eigenvalue weighted by molar-refractivity contribution is 5.81. The number of nitrogens with zero attached hydrogens (tertiary/aromatic N) is 2. The lowest BCUT2D eigenvalue weighted by Gasteiger charge is -2.12. The van der Waals surface area contributed by atoms with Gasteiger partial charge in [0.15, 0.2) is 0 Å². The Labute approximate surface area is 146 Å². The van der Waals surface area contributed by atoms with E-state index < -0.39 is 12.0 Å². The molecule has 0 aliphatic heterocycles. The predicted octanol–water partition coefficient (Wildman–Crippen LogP) is 2.40. The first-order valence-corrected chi connectivity index (χ1v) is 8.17. The van der Waals surface area contributed by atoms with Crippen LogP contribution in [-0.4, -0.2) is 27.9 Å². The monoisotopic (exact) mass is 341 g/mol. The Hall–Kier alpha value is -2.73. The number of pyridine rings is 1. The second-order valence-corrected chi connectivity index (χ2v) is 5.98. The second kappa shape index (κ2) is 8.39. The number of aliphatic carboxylic acids is 1. The number of aryl methyl sites for hydroxylation is 2. The van der Waals surface area contributed by atoms with Crippen molar-refractivity contribution >= 4 is 17.9 Å². The number of carbonyl (C=O) groups is 1. The second-order valence-electron chi connectivity index (χ2n) is 5.98. The molecular formula is C19H23N3O3. The molecular weight excluding hydrogens is 318 g/mol. The summed E-state index contributed by atoms with van der Waals surface area (Å²) < 4.78 is 1.54. The molecule has 0 unspecified atom stereocenters. The van der Waals surface area contributed by atoms with Crippen molar-refractivity contribution in [3.05, 3.63) is 63.6 Å². The van der Waals surface area contributed by atoms with Gasteiger partial charge in [-0.3, -0.25) is 14.6 Å². The van der Waals surface area contributed by atoms with Gasteiger partial charge in [0.2, 0.25) is 0 Å². The van der Waals surface area contributed by atoms with Crippen LogP contribution in [0.15, 0.2) is 46.3 Å². The number of hydrogen-bond donors (Lipinski definition) is 2. The number of carboxylic acids is 1. The zero-order chi connectivity index (χ0) is 18.4. The molecule has 0 aliphatic rings. The Balaban J connectivity index is 2.11. The Morgan fingerprint density at radius 1 is 1.40 bits per heavy atom. The predicted molar refractivity (Wildman–Crippen MR) is 98.7 cm³/mol. The third kappa shape index (κ3) is 5.12. The van der Waals surface area contributed by atoms with Crippen LogP contribution in [0, 0.1) is 6.92 Å². The molecule has 25 heavy (non-hydrogen) atoms. The van der Waals surface area contributed by atoms with Crippen LogP contribution in [0.3, 0.4) is 0 Å². The number of nitrogens with one attached hydrogen (secondary N) is 1. The number of benzene rings is 1. The first-order valence-electron chi connectivity index (χ1n) is 8.17. The van der Waals surface area contributed by atoms with E-state index in [4.69, 9.17) is 5.11 Å². The Kier molecular flexibility index (Phi) is 6.25. The smallest absolute Gasteiger partial charge is 0.320 e. The van der Waals surface area contributed by atoms with E-state index in [1.54, 1.807) is 32.4 Å². The van der Waals surface area contributed by atoms with Gasteiger partial charge in [0, 0.05) is 37.1 Å². The molecule has 1 aromatic heterocycles. The molecule has 132 valence electrons. The van der Waals surface area contributed by atoms with Crippen LogP contribution in [0.25, 0.3) is 0 Å². The van der Waals surface area contributed by atoms with E-state index in [1.165, 1.54) is 4.57 Å². The zero-order valence-corrected chi connectivity index (χ0v) is 14.7. The van der Waals surface area contributed by atoms with Gasteiger partial charge in [0.1, 0.15) is 6.04 Å². The van der Waals surface area contributed by atoms with Gasteiger partial charge in [-0.05, 0) is 37.1 Å². The van der Waals surface area contributed by atoms with E-state index in [9.17, 15) is 9.59 Å². The highest BCUT2D eigenvalue weighted by atomic mass is 16.4. The average Bonchev–Trinajstić information content (AvgIpc) is 2.58. The lowest BCUT2D eigenvalue weighted by molar-refractivity contribution is -0.139. The number of hydrogen-bond acceptors (Lipinski definition) is 4. The largest absolute Gasteiger partial charge is 0.480 e. The SMILES string of the molecule is CC[C@H](NCc1cccc(/N=C/c2cc(C)c(=O)n(C)c2)c1)C(=O)O. The van der Waals surface area contributed by atoms with Crippen LogP contribution in [0.1, 0.15) is 30.0 Å². The van der Waals surface area contributed by atoms with Crippen molar-refractivity contribution < 1.29 is 9.90 Å². The van der Waals surface area contributed by atoms with E-state index in [1.807, 2.05) is 31.2 Å². The Morgan fingerprint density at radius 2 is 2.16 bits per heavy atom. The van der Waals surface area contributed by atoms with Gasteiger partial charge in [-0.15, -0.1) is 0 Å². The van der Waals surface area contributed by atoms with Crippen LogP contribution in [0.4, 0.5) is 5.69 Å². The lowest BCUT2D eigenvalue weighted by Crippen LogP contribution is -2.35. The zero-order valence-electron chi connectivity index (χ0n) is 14.7. The average molecular weight is 341 g/mol. The van der Waals surface area contributed by atoms with Crippen molar-refractivity contribution in [1.82, 2.24) is 9.88 Å². The summed E-state index contributed by atoms with van der Waals surface area (Å²) in [5.74, 6) is -0.846. The van der Waals surface area contributed by atoms with Crippen LogP contribution in [0.2, 0.25) is 0 Å². The molecule has 1 heterocycles. The first-order chi connectivity index (χ1) is 11.9. The highest BCUT2D eigenvalue weighted by Crippen LogP contribution is 2.14. The normalized spacial score (nSPS) is 12.4. The van der Waals surface area contributed by atoms with Crippen LogP contribution in [-0.2, 0) is 18.4 Å². The van der Waals surface area contributed by atoms with Crippen LogP contribution < -0.4 is 10.9 Å². The molecule has 1 atom stereocenters. The molecule has 0 spiro atoms. The number of aliphatic imine (C=N–C) groups is 1. The molecule has 2 rings (SSSR count). The van der Waals surface area contributed by atoms with Gasteiger partial charge < -0.3 is 15.0 Å². The summed E-state index contributed by atoms with van der Waals surface area (Å²) in [6.07, 6.45) is 3.98. The quantitative estimate of drug-likeness (QED) is 0.758. The molecule has 2 aromatic rings. The number of carboxylic acid groups (broad SMARTS) is 1. The Bertz CT molecular complexity index is 814. The minimum absolute atomic E-state index is 0.0193. The Morgan fingerprint density at radius 3 is 2.80 bits per heavy atom. The first kappa shape index (κ1) is 18.6. The third-order valence-corrected chi connectivity index (χ3v) is 3.92. The lowest BCUT2D eigenvalue weighted by atomic mass is 10.1. The number of aromatic nitrogens is 1. The minimum Gasteiger partial charge on any atom is -0.480 e. The van der Waals surface area contributed by atoms with Crippen molar-refractivity contribution in [3.8, 4) is 0 Å².